The highest BCUT2D eigenvalue weighted by atomic mass is 127. The molecule has 2 aromatic rings. The Kier molecular flexibility index (Phi) is 10.3. The fourth-order valence-corrected chi connectivity index (χ4v) is 3.02. The van der Waals surface area contributed by atoms with Crippen molar-refractivity contribution in [2.24, 2.45) is 4.99 Å². The molecule has 144 valence electrons. The van der Waals surface area contributed by atoms with Gasteiger partial charge in [0.25, 0.3) is 0 Å². The van der Waals surface area contributed by atoms with Gasteiger partial charge in [-0.05, 0) is 32.9 Å². The Hall–Kier alpha value is -1.55. The van der Waals surface area contributed by atoms with Gasteiger partial charge in [0.05, 0.1) is 18.7 Å². The van der Waals surface area contributed by atoms with Crippen LogP contribution in [0.3, 0.4) is 0 Å². The third kappa shape index (κ3) is 6.99. The second-order valence-electron chi connectivity index (χ2n) is 5.30. The molecule has 1 aromatic heterocycles. The normalized spacial score (nSPS) is 10.8. The summed E-state index contributed by atoms with van der Waals surface area (Å²) in [5.41, 5.74) is 0.894. The molecule has 0 bridgehead atoms. The Morgan fingerprint density at radius 2 is 2.08 bits per heavy atom. The number of rotatable bonds is 8. The van der Waals surface area contributed by atoms with Gasteiger partial charge in [-0.25, -0.2) is 4.98 Å². The molecule has 0 amide bonds. The Labute approximate surface area is 176 Å². The van der Waals surface area contributed by atoms with Gasteiger partial charge in [-0.15, -0.1) is 35.3 Å². The van der Waals surface area contributed by atoms with Crippen molar-refractivity contribution in [3.05, 3.63) is 34.3 Å². The van der Waals surface area contributed by atoms with Gasteiger partial charge in [-0.2, -0.15) is 0 Å². The molecule has 0 atom stereocenters. The fraction of sp³-hybridized carbons (Fsp3) is 0.444. The molecule has 6 nitrogen and oxygen atoms in total. The van der Waals surface area contributed by atoms with Gasteiger partial charge in [0.2, 0.25) is 0 Å². The molecule has 0 unspecified atom stereocenters. The average molecular weight is 490 g/mol. The van der Waals surface area contributed by atoms with Crippen molar-refractivity contribution in [3.63, 3.8) is 0 Å². The fourth-order valence-electron chi connectivity index (χ4n) is 2.24. The first-order valence-corrected chi connectivity index (χ1v) is 9.25. The van der Waals surface area contributed by atoms with Crippen molar-refractivity contribution in [2.45, 2.75) is 27.2 Å². The third-order valence-electron chi connectivity index (χ3n) is 3.34. The van der Waals surface area contributed by atoms with E-state index in [1.165, 1.54) is 4.88 Å². The van der Waals surface area contributed by atoms with Crippen LogP contribution in [0.4, 0.5) is 5.69 Å². The van der Waals surface area contributed by atoms with Crippen molar-refractivity contribution in [2.75, 3.05) is 32.1 Å². The highest BCUT2D eigenvalue weighted by molar-refractivity contribution is 14.0. The van der Waals surface area contributed by atoms with E-state index in [9.17, 15) is 0 Å². The molecule has 0 fully saturated rings. The largest absolute Gasteiger partial charge is 0.493 e. The number of aliphatic imine (C=N–C) groups is 1. The number of nitrogens with zero attached hydrogens (tertiary/aromatic N) is 2. The van der Waals surface area contributed by atoms with Crippen LogP contribution in [0.5, 0.6) is 11.5 Å². The molecular weight excluding hydrogens is 463 g/mol. The summed E-state index contributed by atoms with van der Waals surface area (Å²) in [4.78, 5) is 10.2. The first-order chi connectivity index (χ1) is 12.2. The molecular formula is C18H27IN4O2S. The molecule has 2 rings (SSSR count). The van der Waals surface area contributed by atoms with Gasteiger partial charge in [0, 0.05) is 42.3 Å². The Balaban J connectivity index is 0.00000338. The summed E-state index contributed by atoms with van der Waals surface area (Å²) in [6.07, 6.45) is 2.74. The lowest BCUT2D eigenvalue weighted by Gasteiger charge is -2.14. The van der Waals surface area contributed by atoms with Crippen molar-refractivity contribution in [1.29, 1.82) is 0 Å². The van der Waals surface area contributed by atoms with E-state index in [1.807, 2.05) is 38.2 Å². The molecule has 0 aliphatic carbocycles. The number of ether oxygens (including phenoxy) is 2. The van der Waals surface area contributed by atoms with E-state index in [0.717, 1.165) is 35.4 Å². The lowest BCUT2D eigenvalue weighted by Crippen LogP contribution is -2.30. The summed E-state index contributed by atoms with van der Waals surface area (Å²) in [5, 5.41) is 7.66. The smallest absolute Gasteiger partial charge is 0.195 e. The number of hydrogen-bond acceptors (Lipinski definition) is 5. The maximum Gasteiger partial charge on any atom is 0.195 e. The first-order valence-electron chi connectivity index (χ1n) is 8.43. The monoisotopic (exact) mass is 490 g/mol. The second-order valence-corrected chi connectivity index (χ2v) is 6.62. The number of guanidine groups is 1. The summed E-state index contributed by atoms with van der Waals surface area (Å²) in [7, 11) is 1.64. The molecule has 0 aliphatic rings. The molecule has 1 aromatic carbocycles. The van der Waals surface area contributed by atoms with Crippen LogP contribution in [-0.2, 0) is 6.42 Å². The highest BCUT2D eigenvalue weighted by Gasteiger charge is 2.07. The number of halogens is 1. The summed E-state index contributed by atoms with van der Waals surface area (Å²) in [5.74, 6) is 2.17. The molecule has 1 heterocycles. The molecule has 0 aliphatic heterocycles. The van der Waals surface area contributed by atoms with Gasteiger partial charge in [-0.3, -0.25) is 4.99 Å². The minimum atomic E-state index is 0. The summed E-state index contributed by atoms with van der Waals surface area (Å²) < 4.78 is 10.9. The number of nitrogens with one attached hydrogen (secondary N) is 2. The molecule has 0 radical (unpaired) electrons. The van der Waals surface area contributed by atoms with Crippen LogP contribution in [0.25, 0.3) is 0 Å². The van der Waals surface area contributed by atoms with Crippen molar-refractivity contribution in [1.82, 2.24) is 10.3 Å². The van der Waals surface area contributed by atoms with Crippen LogP contribution in [0.15, 0.2) is 29.4 Å². The minimum Gasteiger partial charge on any atom is -0.493 e. The summed E-state index contributed by atoms with van der Waals surface area (Å²) in [6.45, 7) is 8.12. The van der Waals surface area contributed by atoms with E-state index >= 15 is 0 Å². The zero-order chi connectivity index (χ0) is 18.1. The van der Waals surface area contributed by atoms with E-state index in [4.69, 9.17) is 9.47 Å². The molecule has 26 heavy (non-hydrogen) atoms. The third-order valence-corrected chi connectivity index (χ3v) is 4.31. The number of benzene rings is 1. The number of methoxy groups -OCH3 is 1. The number of thiazole rings is 1. The molecule has 0 saturated heterocycles. The van der Waals surface area contributed by atoms with Crippen LogP contribution < -0.4 is 20.1 Å². The summed E-state index contributed by atoms with van der Waals surface area (Å²) in [6, 6.07) is 5.75. The van der Waals surface area contributed by atoms with Gasteiger partial charge in [0.15, 0.2) is 17.5 Å². The van der Waals surface area contributed by atoms with Gasteiger partial charge in [0.1, 0.15) is 0 Å². The quantitative estimate of drug-likeness (QED) is 0.332. The van der Waals surface area contributed by atoms with Gasteiger partial charge >= 0.3 is 0 Å². The standard InChI is InChI=1S/C18H26N4O2S.HI/c1-5-19-18(20-10-9-17-21-12-13(3)25-17)22-14-7-8-15(24-6-2)16(11-14)23-4;/h7-8,11-12H,5-6,9-10H2,1-4H3,(H2,19,20,22);1H. The van der Waals surface area contributed by atoms with E-state index in [-0.39, 0.29) is 24.0 Å². The number of hydrogen-bond donors (Lipinski definition) is 2. The van der Waals surface area contributed by atoms with Crippen LogP contribution in [0.1, 0.15) is 23.7 Å². The molecule has 0 saturated carbocycles. The highest BCUT2D eigenvalue weighted by Crippen LogP contribution is 2.30. The minimum absolute atomic E-state index is 0. The average Bonchev–Trinajstić information content (AvgIpc) is 3.02. The van der Waals surface area contributed by atoms with Gasteiger partial charge < -0.3 is 20.1 Å². The van der Waals surface area contributed by atoms with Crippen molar-refractivity contribution >= 4 is 47.0 Å². The Morgan fingerprint density at radius 1 is 1.27 bits per heavy atom. The Bertz CT molecular complexity index is 706. The van der Waals surface area contributed by atoms with Crippen LogP contribution in [0, 0.1) is 6.92 Å². The topological polar surface area (TPSA) is 67.8 Å². The van der Waals surface area contributed by atoms with Crippen LogP contribution >= 0.6 is 35.3 Å². The number of anilines is 1. The maximum atomic E-state index is 5.55. The molecule has 0 spiro atoms. The maximum absolute atomic E-state index is 5.55. The van der Waals surface area contributed by atoms with E-state index in [0.29, 0.717) is 18.9 Å². The zero-order valence-electron chi connectivity index (χ0n) is 15.7. The van der Waals surface area contributed by atoms with Crippen molar-refractivity contribution < 1.29 is 9.47 Å². The molecule has 8 heteroatoms. The first kappa shape index (κ1) is 22.5. The number of aromatic nitrogens is 1. The van der Waals surface area contributed by atoms with Crippen molar-refractivity contribution in [3.8, 4) is 11.5 Å². The van der Waals surface area contributed by atoms with Crippen LogP contribution in [0.2, 0.25) is 0 Å². The van der Waals surface area contributed by atoms with E-state index < -0.39 is 0 Å². The van der Waals surface area contributed by atoms with Gasteiger partial charge in [-0.1, -0.05) is 0 Å². The predicted octanol–water partition coefficient (Wildman–Crippen LogP) is 4.10. The van der Waals surface area contributed by atoms with E-state index in [2.05, 4.69) is 27.5 Å². The van der Waals surface area contributed by atoms with E-state index in [1.54, 1.807) is 18.4 Å². The SMILES string of the molecule is CCNC(=NCCc1ncc(C)s1)Nc1ccc(OCC)c(OC)c1.I. The number of aryl methyl sites for hydroxylation is 1. The zero-order valence-corrected chi connectivity index (χ0v) is 18.8. The lowest BCUT2D eigenvalue weighted by atomic mass is 10.2. The molecule has 2 N–H and O–H groups in total. The van der Waals surface area contributed by atoms with Crippen LogP contribution in [-0.4, -0.2) is 37.7 Å². The second kappa shape index (κ2) is 11.9. The lowest BCUT2D eigenvalue weighted by molar-refractivity contribution is 0.311. The predicted molar refractivity (Wildman–Crippen MR) is 120 cm³/mol. The Morgan fingerprint density at radius 3 is 2.69 bits per heavy atom. The summed E-state index contributed by atoms with van der Waals surface area (Å²) >= 11 is 1.72.